The van der Waals surface area contributed by atoms with E-state index in [9.17, 15) is 14.4 Å². The minimum Gasteiger partial charge on any atom is -0.445 e. The standard InChI is InChI=1S/C20H30N2O4/c1-14(2)10-17(12-23)21-19(24)18(11-15(3)4)22-20(25)26-13-16-8-6-5-7-9-16/h5-9,12,14-15,17-18H,10-11,13H2,1-4H3,(H,21,24)(H,22,25)/t17?,18-/m0/s1. The molecule has 1 aromatic rings. The molecule has 0 aliphatic heterocycles. The molecule has 2 atom stereocenters. The van der Waals surface area contributed by atoms with Crippen molar-refractivity contribution in [2.45, 2.75) is 59.2 Å². The Kier molecular flexibility index (Phi) is 9.41. The predicted molar refractivity (Wildman–Crippen MR) is 100 cm³/mol. The molecule has 6 heteroatoms. The molecule has 2 N–H and O–H groups in total. The summed E-state index contributed by atoms with van der Waals surface area (Å²) in [5.41, 5.74) is 0.866. The molecule has 0 saturated carbocycles. The number of carbonyl (C=O) groups is 3. The SMILES string of the molecule is CC(C)CC(C=O)NC(=O)[C@H](CC(C)C)NC(=O)OCc1ccccc1. The van der Waals surface area contributed by atoms with Crippen molar-refractivity contribution in [3.05, 3.63) is 35.9 Å². The summed E-state index contributed by atoms with van der Waals surface area (Å²) in [5, 5.41) is 5.32. The smallest absolute Gasteiger partial charge is 0.408 e. The van der Waals surface area contributed by atoms with Gasteiger partial charge in [-0.05, 0) is 30.2 Å². The molecule has 6 nitrogen and oxygen atoms in total. The first-order chi connectivity index (χ1) is 12.3. The van der Waals surface area contributed by atoms with Crippen molar-refractivity contribution < 1.29 is 19.1 Å². The minimum atomic E-state index is -0.743. The number of aldehydes is 1. The van der Waals surface area contributed by atoms with Gasteiger partial charge in [-0.1, -0.05) is 58.0 Å². The lowest BCUT2D eigenvalue weighted by molar-refractivity contribution is -0.126. The minimum absolute atomic E-state index is 0.132. The molecule has 1 rings (SSSR count). The average Bonchev–Trinajstić information content (AvgIpc) is 2.58. The van der Waals surface area contributed by atoms with Crippen molar-refractivity contribution in [2.24, 2.45) is 11.8 Å². The molecule has 0 aromatic heterocycles. The van der Waals surface area contributed by atoms with Gasteiger partial charge in [0.2, 0.25) is 5.91 Å². The Morgan fingerprint density at radius 2 is 1.62 bits per heavy atom. The third-order valence-electron chi connectivity index (χ3n) is 3.75. The van der Waals surface area contributed by atoms with E-state index in [4.69, 9.17) is 4.74 Å². The van der Waals surface area contributed by atoms with Crippen LogP contribution in [-0.4, -0.2) is 30.4 Å². The summed E-state index contributed by atoms with van der Waals surface area (Å²) in [6.45, 7) is 8.01. The maximum absolute atomic E-state index is 12.5. The molecule has 0 aliphatic carbocycles. The monoisotopic (exact) mass is 362 g/mol. The number of hydrogen-bond donors (Lipinski definition) is 2. The van der Waals surface area contributed by atoms with Gasteiger partial charge in [-0.25, -0.2) is 4.79 Å². The summed E-state index contributed by atoms with van der Waals surface area (Å²) in [6.07, 6.45) is 1.10. The van der Waals surface area contributed by atoms with E-state index < -0.39 is 18.2 Å². The zero-order valence-electron chi connectivity index (χ0n) is 16.0. The first-order valence-electron chi connectivity index (χ1n) is 9.04. The Morgan fingerprint density at radius 1 is 1.00 bits per heavy atom. The number of ether oxygens (including phenoxy) is 1. The van der Waals surface area contributed by atoms with E-state index in [0.29, 0.717) is 12.8 Å². The van der Waals surface area contributed by atoms with Crippen molar-refractivity contribution in [3.8, 4) is 0 Å². The Balaban J connectivity index is 2.62. The second-order valence-electron chi connectivity index (χ2n) is 7.27. The van der Waals surface area contributed by atoms with Crippen molar-refractivity contribution >= 4 is 18.3 Å². The lowest BCUT2D eigenvalue weighted by atomic mass is 10.0. The number of amides is 2. The fraction of sp³-hybridized carbons (Fsp3) is 0.550. The third kappa shape index (κ3) is 8.65. The van der Waals surface area contributed by atoms with Crippen molar-refractivity contribution in [1.29, 1.82) is 0 Å². The maximum atomic E-state index is 12.5. The van der Waals surface area contributed by atoms with Gasteiger partial charge < -0.3 is 20.2 Å². The van der Waals surface area contributed by atoms with Gasteiger partial charge in [-0.3, -0.25) is 4.79 Å². The Morgan fingerprint density at radius 3 is 2.15 bits per heavy atom. The van der Waals surface area contributed by atoms with E-state index in [-0.39, 0.29) is 24.3 Å². The second kappa shape index (κ2) is 11.3. The Hall–Kier alpha value is -2.37. The first kappa shape index (κ1) is 21.7. The topological polar surface area (TPSA) is 84.5 Å². The molecule has 2 amide bonds. The van der Waals surface area contributed by atoms with E-state index in [1.54, 1.807) is 0 Å². The molecule has 144 valence electrons. The van der Waals surface area contributed by atoms with Crippen LogP contribution >= 0.6 is 0 Å². The molecule has 26 heavy (non-hydrogen) atoms. The van der Waals surface area contributed by atoms with E-state index in [1.807, 2.05) is 58.0 Å². The van der Waals surface area contributed by atoms with E-state index >= 15 is 0 Å². The molecule has 0 bridgehead atoms. The fourth-order valence-corrected chi connectivity index (χ4v) is 2.55. The summed E-state index contributed by atoms with van der Waals surface area (Å²) >= 11 is 0. The highest BCUT2D eigenvalue weighted by molar-refractivity contribution is 5.87. The van der Waals surface area contributed by atoms with Crippen LogP contribution in [0.4, 0.5) is 4.79 Å². The van der Waals surface area contributed by atoms with E-state index in [1.165, 1.54) is 0 Å². The summed E-state index contributed by atoms with van der Waals surface area (Å²) in [4.78, 5) is 35.7. The fourth-order valence-electron chi connectivity index (χ4n) is 2.55. The van der Waals surface area contributed by atoms with Gasteiger partial charge in [0.15, 0.2) is 0 Å². The van der Waals surface area contributed by atoms with Crippen LogP contribution in [0.15, 0.2) is 30.3 Å². The summed E-state index contributed by atoms with van der Waals surface area (Å²) < 4.78 is 5.19. The molecule has 0 spiro atoms. The van der Waals surface area contributed by atoms with Gasteiger partial charge in [0.25, 0.3) is 0 Å². The quantitative estimate of drug-likeness (QED) is 0.627. The average molecular weight is 362 g/mol. The van der Waals surface area contributed by atoms with E-state index in [2.05, 4.69) is 10.6 Å². The van der Waals surface area contributed by atoms with Crippen LogP contribution in [0.2, 0.25) is 0 Å². The first-order valence-corrected chi connectivity index (χ1v) is 9.04. The number of hydrogen-bond acceptors (Lipinski definition) is 4. The highest BCUT2D eigenvalue weighted by atomic mass is 16.5. The van der Waals surface area contributed by atoms with Crippen LogP contribution in [0, 0.1) is 11.8 Å². The molecule has 0 aliphatic rings. The summed E-state index contributed by atoms with van der Waals surface area (Å²) in [6, 6.07) is 8.01. The Bertz CT molecular complexity index is 572. The molecule has 0 heterocycles. The molecule has 1 unspecified atom stereocenters. The van der Waals surface area contributed by atoms with Crippen molar-refractivity contribution in [3.63, 3.8) is 0 Å². The van der Waals surface area contributed by atoms with Crippen LogP contribution < -0.4 is 10.6 Å². The second-order valence-corrected chi connectivity index (χ2v) is 7.27. The van der Waals surface area contributed by atoms with Crippen LogP contribution in [0.25, 0.3) is 0 Å². The number of nitrogens with one attached hydrogen (secondary N) is 2. The van der Waals surface area contributed by atoms with Gasteiger partial charge in [-0.15, -0.1) is 0 Å². The molecule has 0 radical (unpaired) electrons. The Labute approximate surface area is 155 Å². The lowest BCUT2D eigenvalue weighted by Gasteiger charge is -2.22. The number of alkyl carbamates (subject to hydrolysis) is 1. The summed E-state index contributed by atoms with van der Waals surface area (Å²) in [5.74, 6) is 0.103. The zero-order valence-corrected chi connectivity index (χ0v) is 16.0. The van der Waals surface area contributed by atoms with E-state index in [0.717, 1.165) is 11.8 Å². The van der Waals surface area contributed by atoms with Crippen LogP contribution in [0.1, 0.15) is 46.1 Å². The van der Waals surface area contributed by atoms with Gasteiger partial charge in [-0.2, -0.15) is 0 Å². The number of carbonyl (C=O) groups excluding carboxylic acids is 3. The maximum Gasteiger partial charge on any atom is 0.408 e. The predicted octanol–water partition coefficient (Wildman–Crippen LogP) is 3.06. The normalized spacial score (nSPS) is 13.2. The third-order valence-corrected chi connectivity index (χ3v) is 3.75. The molecular weight excluding hydrogens is 332 g/mol. The number of benzene rings is 1. The highest BCUT2D eigenvalue weighted by Gasteiger charge is 2.25. The molecule has 0 saturated heterocycles. The van der Waals surface area contributed by atoms with Gasteiger partial charge >= 0.3 is 6.09 Å². The molecule has 0 fully saturated rings. The summed E-state index contributed by atoms with van der Waals surface area (Å²) in [7, 11) is 0. The van der Waals surface area contributed by atoms with Crippen LogP contribution in [-0.2, 0) is 20.9 Å². The lowest BCUT2D eigenvalue weighted by Crippen LogP contribution is -2.50. The highest BCUT2D eigenvalue weighted by Crippen LogP contribution is 2.08. The van der Waals surface area contributed by atoms with Gasteiger partial charge in [0, 0.05) is 0 Å². The van der Waals surface area contributed by atoms with Gasteiger partial charge in [0.05, 0.1) is 6.04 Å². The molecule has 1 aromatic carbocycles. The van der Waals surface area contributed by atoms with Crippen LogP contribution in [0.3, 0.4) is 0 Å². The zero-order chi connectivity index (χ0) is 19.5. The van der Waals surface area contributed by atoms with Crippen molar-refractivity contribution in [2.75, 3.05) is 0 Å². The van der Waals surface area contributed by atoms with Gasteiger partial charge in [0.1, 0.15) is 18.9 Å². The largest absolute Gasteiger partial charge is 0.445 e. The van der Waals surface area contributed by atoms with Crippen molar-refractivity contribution in [1.82, 2.24) is 10.6 Å². The molecular formula is C20H30N2O4. The van der Waals surface area contributed by atoms with Crippen LogP contribution in [0.5, 0.6) is 0 Å². The number of rotatable bonds is 10.